The molecule has 39 heavy (non-hydrogen) atoms. The number of hydrogen-bond donors (Lipinski definition) is 2. The van der Waals surface area contributed by atoms with Crippen LogP contribution in [-0.2, 0) is 0 Å². The summed E-state index contributed by atoms with van der Waals surface area (Å²) in [4.78, 5) is 15.7. The van der Waals surface area contributed by atoms with Crippen LogP contribution in [0.1, 0.15) is 58.8 Å². The van der Waals surface area contributed by atoms with E-state index in [1.54, 1.807) is 10.7 Å². The number of piperidine rings is 1. The van der Waals surface area contributed by atoms with Gasteiger partial charge in [-0.05, 0) is 45.4 Å². The van der Waals surface area contributed by atoms with Crippen molar-refractivity contribution in [3.8, 4) is 11.3 Å². The molecule has 3 N–H and O–H groups in total. The number of imidazole rings is 1. The Morgan fingerprint density at radius 1 is 1.10 bits per heavy atom. The van der Waals surface area contributed by atoms with Gasteiger partial charge in [0.25, 0.3) is 5.92 Å². The summed E-state index contributed by atoms with van der Waals surface area (Å²) in [5.74, 6) is -1.24. The monoisotopic (exact) mass is 543 g/mol. The lowest BCUT2D eigenvalue weighted by Crippen LogP contribution is -2.57. The molecule has 2 atom stereocenters. The van der Waals surface area contributed by atoms with Crippen molar-refractivity contribution >= 4 is 28.4 Å². The zero-order valence-electron chi connectivity index (χ0n) is 23.0. The van der Waals surface area contributed by atoms with Gasteiger partial charge in [-0.15, -0.1) is 5.10 Å². The maximum Gasteiger partial charge on any atom is 0.251 e. The van der Waals surface area contributed by atoms with Gasteiger partial charge in [-0.1, -0.05) is 13.8 Å². The van der Waals surface area contributed by atoms with Gasteiger partial charge in [-0.2, -0.15) is 4.98 Å². The predicted octanol–water partition coefficient (Wildman–Crippen LogP) is 5.26. The largest absolute Gasteiger partial charge is 0.382 e. The first-order chi connectivity index (χ1) is 18.6. The highest BCUT2D eigenvalue weighted by atomic mass is 19.3. The lowest BCUT2D eigenvalue weighted by atomic mass is 9.85. The molecule has 210 valence electrons. The average Bonchev–Trinajstić information content (AvgIpc) is 3.45. The van der Waals surface area contributed by atoms with E-state index < -0.39 is 18.1 Å². The van der Waals surface area contributed by atoms with Gasteiger partial charge in [0.05, 0.1) is 11.7 Å². The summed E-state index contributed by atoms with van der Waals surface area (Å²) in [5, 5.41) is 7.58. The van der Waals surface area contributed by atoms with Gasteiger partial charge in [-0.3, -0.25) is 4.90 Å². The van der Waals surface area contributed by atoms with Gasteiger partial charge < -0.3 is 15.6 Å². The lowest BCUT2D eigenvalue weighted by molar-refractivity contribution is -0.131. The van der Waals surface area contributed by atoms with Crippen LogP contribution in [0.5, 0.6) is 0 Å². The van der Waals surface area contributed by atoms with E-state index in [4.69, 9.17) is 10.7 Å². The van der Waals surface area contributed by atoms with Crippen LogP contribution in [0.3, 0.4) is 0 Å². The fourth-order valence-electron chi connectivity index (χ4n) is 5.65. The number of anilines is 2. The number of alkyl halides is 3. The van der Waals surface area contributed by atoms with E-state index in [1.165, 1.54) is 0 Å². The molecule has 1 saturated heterocycles. The summed E-state index contributed by atoms with van der Waals surface area (Å²) >= 11 is 0. The normalized spacial score (nSPS) is 21.7. The van der Waals surface area contributed by atoms with Crippen LogP contribution in [0.4, 0.5) is 24.9 Å². The number of aromatic nitrogens is 6. The van der Waals surface area contributed by atoms with Gasteiger partial charge in [0.2, 0.25) is 5.95 Å². The molecule has 2 fully saturated rings. The van der Waals surface area contributed by atoms with Crippen molar-refractivity contribution in [2.75, 3.05) is 24.1 Å². The number of nitrogens with two attached hydrogens (primary N) is 1. The molecule has 2 aliphatic rings. The SMILES string of the molecule is CC.Cc1nc2ccc(-c3ccn4nc(NC5CCN(C6CC(F)(F)C6)CC5F)nc(N)c34)nc2n1C(C)C. The third-order valence-corrected chi connectivity index (χ3v) is 7.52. The summed E-state index contributed by atoms with van der Waals surface area (Å²) < 4.78 is 45.1. The van der Waals surface area contributed by atoms with Gasteiger partial charge in [-0.25, -0.2) is 27.7 Å². The molecule has 12 heteroatoms. The molecule has 0 bridgehead atoms. The highest BCUT2D eigenvalue weighted by Crippen LogP contribution is 2.41. The average molecular weight is 544 g/mol. The molecule has 0 spiro atoms. The van der Waals surface area contributed by atoms with Gasteiger partial charge in [0.1, 0.15) is 23.0 Å². The molecule has 0 radical (unpaired) electrons. The number of likely N-dealkylation sites (tertiary alicyclic amines) is 1. The smallest absolute Gasteiger partial charge is 0.251 e. The number of hydrogen-bond acceptors (Lipinski definition) is 7. The molecule has 9 nitrogen and oxygen atoms in total. The second-order valence-electron chi connectivity index (χ2n) is 10.5. The van der Waals surface area contributed by atoms with E-state index in [2.05, 4.69) is 38.8 Å². The Morgan fingerprint density at radius 3 is 2.51 bits per heavy atom. The summed E-state index contributed by atoms with van der Waals surface area (Å²) in [5.41, 5.74) is 10.1. The maximum absolute atomic E-state index is 15.0. The zero-order chi connectivity index (χ0) is 28.1. The molecule has 4 aromatic rings. The van der Waals surface area contributed by atoms with Crippen LogP contribution in [-0.4, -0.2) is 71.3 Å². The van der Waals surface area contributed by atoms with Crippen LogP contribution in [0, 0.1) is 6.92 Å². The quantitative estimate of drug-likeness (QED) is 0.354. The minimum atomic E-state index is -2.61. The number of nitrogens with one attached hydrogen (secondary N) is 1. The number of rotatable bonds is 5. The summed E-state index contributed by atoms with van der Waals surface area (Å²) in [6, 6.07) is 5.17. The Labute approximate surface area is 225 Å². The number of nitrogens with zero attached hydrogens (tertiary/aromatic N) is 7. The van der Waals surface area contributed by atoms with Crippen LogP contribution in [0.2, 0.25) is 0 Å². The van der Waals surface area contributed by atoms with E-state index in [9.17, 15) is 13.2 Å². The Kier molecular flexibility index (Phi) is 7.17. The van der Waals surface area contributed by atoms with Gasteiger partial charge >= 0.3 is 0 Å². The van der Waals surface area contributed by atoms with Crippen molar-refractivity contribution < 1.29 is 13.2 Å². The maximum atomic E-state index is 15.0. The molecule has 2 unspecified atom stereocenters. The highest BCUT2D eigenvalue weighted by Gasteiger charge is 2.49. The second-order valence-corrected chi connectivity index (χ2v) is 10.5. The number of halogens is 3. The second kappa shape index (κ2) is 10.3. The van der Waals surface area contributed by atoms with Crippen LogP contribution in [0.25, 0.3) is 27.9 Å². The van der Waals surface area contributed by atoms with Crippen molar-refractivity contribution in [2.24, 2.45) is 0 Å². The van der Waals surface area contributed by atoms with E-state index in [0.717, 1.165) is 28.2 Å². The summed E-state index contributed by atoms with van der Waals surface area (Å²) in [6.45, 7) is 10.8. The molecular formula is C27H36F3N9. The molecule has 5 heterocycles. The number of pyridine rings is 1. The molecule has 4 aromatic heterocycles. The summed E-state index contributed by atoms with van der Waals surface area (Å²) in [6.07, 6.45) is 0.635. The standard InChI is InChI=1S/C25H30F3N9.C2H6/c1-13(2)37-14(3)30-20-5-4-18(31-23(20)37)16-6-9-36-21(16)22(29)33-24(34-36)32-19-7-8-35(12-17(19)26)15-10-25(27,28)11-15;1-2/h4-6,9,13,15,17,19H,7-8,10-12H2,1-3H3,(H3,29,32,33,34);1-2H3. The van der Waals surface area contributed by atoms with Gasteiger partial charge in [0, 0.05) is 49.8 Å². The summed E-state index contributed by atoms with van der Waals surface area (Å²) in [7, 11) is 0. The third-order valence-electron chi connectivity index (χ3n) is 7.52. The lowest BCUT2D eigenvalue weighted by Gasteiger charge is -2.46. The molecule has 0 aromatic carbocycles. The Balaban J connectivity index is 0.00000151. The van der Waals surface area contributed by atoms with Crippen LogP contribution in [0.15, 0.2) is 24.4 Å². The first kappa shape index (κ1) is 27.2. The number of aryl methyl sites for hydroxylation is 1. The van der Waals surface area contributed by atoms with E-state index >= 15 is 0 Å². The van der Waals surface area contributed by atoms with Crippen molar-refractivity contribution in [1.82, 2.24) is 34.0 Å². The van der Waals surface area contributed by atoms with Crippen LogP contribution < -0.4 is 11.1 Å². The first-order valence-electron chi connectivity index (χ1n) is 13.6. The number of fused-ring (bicyclic) bond motifs is 2. The van der Waals surface area contributed by atoms with Crippen LogP contribution >= 0.6 is 0 Å². The third kappa shape index (κ3) is 5.02. The fraction of sp³-hybridized carbons (Fsp3) is 0.556. The van der Waals surface area contributed by atoms with Crippen molar-refractivity contribution in [1.29, 1.82) is 0 Å². The molecule has 0 amide bonds. The molecule has 1 saturated carbocycles. The zero-order valence-corrected chi connectivity index (χ0v) is 23.0. The fourth-order valence-corrected chi connectivity index (χ4v) is 5.65. The number of nitrogen functional groups attached to an aromatic ring is 1. The Morgan fingerprint density at radius 2 is 1.85 bits per heavy atom. The topological polar surface area (TPSA) is 102 Å². The molecular weight excluding hydrogens is 507 g/mol. The van der Waals surface area contributed by atoms with Crippen molar-refractivity contribution in [3.05, 3.63) is 30.2 Å². The highest BCUT2D eigenvalue weighted by molar-refractivity contribution is 5.88. The van der Waals surface area contributed by atoms with Crippen molar-refractivity contribution in [3.63, 3.8) is 0 Å². The van der Waals surface area contributed by atoms with E-state index in [0.29, 0.717) is 18.5 Å². The minimum Gasteiger partial charge on any atom is -0.382 e. The van der Waals surface area contributed by atoms with E-state index in [-0.39, 0.29) is 43.2 Å². The Bertz CT molecular complexity index is 1470. The molecule has 1 aliphatic heterocycles. The van der Waals surface area contributed by atoms with Gasteiger partial charge in [0.15, 0.2) is 11.5 Å². The predicted molar refractivity (Wildman–Crippen MR) is 147 cm³/mol. The van der Waals surface area contributed by atoms with E-state index in [1.807, 2.05) is 43.9 Å². The minimum absolute atomic E-state index is 0.115. The van der Waals surface area contributed by atoms with Crippen molar-refractivity contribution in [2.45, 2.75) is 84.1 Å². The Hall–Kier alpha value is -3.41. The first-order valence-corrected chi connectivity index (χ1v) is 13.6. The molecule has 6 rings (SSSR count). The molecule has 1 aliphatic carbocycles.